The van der Waals surface area contributed by atoms with E-state index in [1.807, 2.05) is 25.1 Å². The van der Waals surface area contributed by atoms with E-state index in [-0.39, 0.29) is 37.0 Å². The average molecular weight is 576 g/mol. The van der Waals surface area contributed by atoms with E-state index in [0.717, 1.165) is 12.8 Å². The molecule has 2 aromatic carbocycles. The van der Waals surface area contributed by atoms with Gasteiger partial charge in [-0.3, -0.25) is 14.4 Å². The highest BCUT2D eigenvalue weighted by Crippen LogP contribution is 2.37. The summed E-state index contributed by atoms with van der Waals surface area (Å²) in [5.41, 5.74) is 0.511. The summed E-state index contributed by atoms with van der Waals surface area (Å²) in [5, 5.41) is 9.94. The Morgan fingerprint density at radius 1 is 1.05 bits per heavy atom. The molecule has 0 saturated carbocycles. The fourth-order valence-corrected chi connectivity index (χ4v) is 5.48. The van der Waals surface area contributed by atoms with Crippen LogP contribution in [0.4, 0.5) is 0 Å². The average Bonchev–Trinajstić information content (AvgIpc) is 3.44. The number of fused-ring (bicyclic) bond motifs is 1. The van der Waals surface area contributed by atoms with Gasteiger partial charge in [0.25, 0.3) is 17.7 Å². The maximum atomic E-state index is 13.6. The van der Waals surface area contributed by atoms with Crippen LogP contribution in [0, 0.1) is 12.3 Å². The lowest BCUT2D eigenvalue weighted by Gasteiger charge is -2.41. The smallest absolute Gasteiger partial charge is 0.261 e. The summed E-state index contributed by atoms with van der Waals surface area (Å²) in [7, 11) is 0. The molecule has 1 spiro atoms. The van der Waals surface area contributed by atoms with E-state index in [9.17, 15) is 14.4 Å². The molecular weight excluding hydrogens is 538 g/mol. The molecule has 0 bridgehead atoms. The van der Waals surface area contributed by atoms with Gasteiger partial charge in [-0.2, -0.15) is 4.98 Å². The van der Waals surface area contributed by atoms with Crippen molar-refractivity contribution in [2.45, 2.75) is 52.0 Å². The molecule has 0 unspecified atom stereocenters. The van der Waals surface area contributed by atoms with Crippen LogP contribution >= 0.6 is 0 Å². The minimum Gasteiger partial charge on any atom is -0.491 e. The van der Waals surface area contributed by atoms with Crippen LogP contribution in [0.15, 0.2) is 53.1 Å². The first-order valence-corrected chi connectivity index (χ1v) is 14.5. The highest BCUT2D eigenvalue weighted by atomic mass is 16.5. The molecular formula is C31H37N5O6. The molecule has 5 rings (SSSR count). The zero-order valence-corrected chi connectivity index (χ0v) is 24.1. The number of benzene rings is 2. The molecule has 2 N–H and O–H groups in total. The molecule has 1 saturated heterocycles. The van der Waals surface area contributed by atoms with E-state index in [1.54, 1.807) is 42.2 Å². The maximum Gasteiger partial charge on any atom is 0.261 e. The SMILES string of the molecule is Cc1noc(-c2ccccc2OCC(=O)N2CCC3(CCCCNC(=O)c4ccccc4OC[C@@H](C)NC3=O)CC2)n1. The second-order valence-corrected chi connectivity index (χ2v) is 11.0. The van der Waals surface area contributed by atoms with Gasteiger partial charge in [-0.25, -0.2) is 0 Å². The van der Waals surface area contributed by atoms with Crippen LogP contribution in [0.1, 0.15) is 55.2 Å². The number of hydrogen-bond acceptors (Lipinski definition) is 8. The molecule has 0 aliphatic carbocycles. The van der Waals surface area contributed by atoms with Crippen LogP contribution in [0.2, 0.25) is 0 Å². The summed E-state index contributed by atoms with van der Waals surface area (Å²) in [6.07, 6.45) is 3.29. The molecule has 3 aromatic rings. The van der Waals surface area contributed by atoms with Crippen molar-refractivity contribution in [1.29, 1.82) is 0 Å². The number of rotatable bonds is 4. The highest BCUT2D eigenvalue weighted by molar-refractivity contribution is 5.96. The molecule has 1 atom stereocenters. The van der Waals surface area contributed by atoms with Gasteiger partial charge < -0.3 is 29.5 Å². The van der Waals surface area contributed by atoms with Crippen LogP contribution in [0.25, 0.3) is 11.5 Å². The third-order valence-electron chi connectivity index (χ3n) is 7.92. The van der Waals surface area contributed by atoms with Gasteiger partial charge in [-0.15, -0.1) is 0 Å². The van der Waals surface area contributed by atoms with Crippen molar-refractivity contribution in [3.63, 3.8) is 0 Å². The van der Waals surface area contributed by atoms with Crippen molar-refractivity contribution < 1.29 is 28.4 Å². The Balaban J connectivity index is 1.20. The maximum absolute atomic E-state index is 13.6. The largest absolute Gasteiger partial charge is 0.491 e. The number of carbonyl (C=O) groups is 3. The van der Waals surface area contributed by atoms with Gasteiger partial charge in [-0.1, -0.05) is 35.8 Å². The summed E-state index contributed by atoms with van der Waals surface area (Å²) >= 11 is 0. The number of carbonyl (C=O) groups excluding carboxylic acids is 3. The first kappa shape index (κ1) is 29.1. The lowest BCUT2D eigenvalue weighted by molar-refractivity contribution is -0.142. The van der Waals surface area contributed by atoms with E-state index in [2.05, 4.69) is 20.8 Å². The second kappa shape index (κ2) is 13.1. The van der Waals surface area contributed by atoms with Crippen LogP contribution in [0.5, 0.6) is 11.5 Å². The number of nitrogens with one attached hydrogen (secondary N) is 2. The fourth-order valence-electron chi connectivity index (χ4n) is 5.48. The molecule has 222 valence electrons. The molecule has 3 amide bonds. The van der Waals surface area contributed by atoms with Crippen LogP contribution < -0.4 is 20.1 Å². The van der Waals surface area contributed by atoms with Crippen molar-refractivity contribution in [2.75, 3.05) is 32.8 Å². The highest BCUT2D eigenvalue weighted by Gasteiger charge is 2.42. The van der Waals surface area contributed by atoms with E-state index in [4.69, 9.17) is 14.0 Å². The normalized spacial score (nSPS) is 19.6. The summed E-state index contributed by atoms with van der Waals surface area (Å²) in [6.45, 7) is 5.14. The fraction of sp³-hybridized carbons (Fsp3) is 0.452. The number of amides is 3. The minimum atomic E-state index is -0.597. The van der Waals surface area contributed by atoms with Crippen molar-refractivity contribution in [3.05, 3.63) is 59.9 Å². The Labute approximate surface area is 244 Å². The summed E-state index contributed by atoms with van der Waals surface area (Å²) < 4.78 is 17.1. The van der Waals surface area contributed by atoms with Gasteiger partial charge in [-0.05, 0) is 63.8 Å². The molecule has 0 radical (unpaired) electrons. The van der Waals surface area contributed by atoms with E-state index < -0.39 is 5.41 Å². The van der Waals surface area contributed by atoms with Crippen LogP contribution in [-0.4, -0.2) is 71.7 Å². The second-order valence-electron chi connectivity index (χ2n) is 11.0. The van der Waals surface area contributed by atoms with E-state index in [1.165, 1.54) is 0 Å². The third kappa shape index (κ3) is 6.72. The predicted molar refractivity (Wildman–Crippen MR) is 154 cm³/mol. The lowest BCUT2D eigenvalue weighted by atomic mass is 9.73. The molecule has 42 heavy (non-hydrogen) atoms. The lowest BCUT2D eigenvalue weighted by Crippen LogP contribution is -2.53. The van der Waals surface area contributed by atoms with Crippen LogP contribution in [-0.2, 0) is 9.59 Å². The van der Waals surface area contributed by atoms with Crippen molar-refractivity contribution in [1.82, 2.24) is 25.7 Å². The summed E-state index contributed by atoms with van der Waals surface area (Å²) in [6, 6.07) is 14.1. The standard InChI is InChI=1S/C31H37N5O6/c1-21-19-40-25-11-5-3-9-23(25)28(38)32-16-8-7-13-31(30(39)33-21)14-17-36(18-15-31)27(37)20-41-26-12-6-4-10-24(26)29-34-22(2)35-42-29/h3-6,9-12,21H,7-8,13-20H2,1-2H3,(H,32,38)(H,33,39)/t21-/m1/s1. The zero-order chi connectivity index (χ0) is 29.5. The third-order valence-corrected chi connectivity index (χ3v) is 7.92. The van der Waals surface area contributed by atoms with Crippen molar-refractivity contribution in [2.24, 2.45) is 5.41 Å². The first-order valence-electron chi connectivity index (χ1n) is 14.5. The Kier molecular flexibility index (Phi) is 9.04. The van der Waals surface area contributed by atoms with Gasteiger partial charge in [0.05, 0.1) is 22.6 Å². The number of aryl methyl sites for hydroxylation is 1. The monoisotopic (exact) mass is 575 g/mol. The quantitative estimate of drug-likeness (QED) is 0.482. The van der Waals surface area contributed by atoms with Crippen LogP contribution in [0.3, 0.4) is 0 Å². The summed E-state index contributed by atoms with van der Waals surface area (Å²) in [5.74, 6) is 1.49. The Morgan fingerprint density at radius 2 is 1.79 bits per heavy atom. The number of piperidine rings is 1. The number of hydrogen-bond donors (Lipinski definition) is 2. The molecule has 2 aliphatic rings. The molecule has 2 aliphatic heterocycles. The van der Waals surface area contributed by atoms with E-state index >= 15 is 0 Å². The molecule has 11 nitrogen and oxygen atoms in total. The Morgan fingerprint density at radius 3 is 2.55 bits per heavy atom. The minimum absolute atomic E-state index is 0.0138. The number of para-hydroxylation sites is 2. The van der Waals surface area contributed by atoms with Crippen molar-refractivity contribution >= 4 is 17.7 Å². The van der Waals surface area contributed by atoms with Gasteiger partial charge in [0.1, 0.15) is 18.1 Å². The molecule has 1 fully saturated rings. The van der Waals surface area contributed by atoms with Gasteiger partial charge >= 0.3 is 0 Å². The van der Waals surface area contributed by atoms with Gasteiger partial charge in [0, 0.05) is 19.6 Å². The zero-order valence-electron chi connectivity index (χ0n) is 24.1. The molecule has 3 heterocycles. The number of nitrogens with zero attached hydrogens (tertiary/aromatic N) is 3. The molecule has 1 aromatic heterocycles. The van der Waals surface area contributed by atoms with Gasteiger partial charge in [0.2, 0.25) is 5.91 Å². The number of likely N-dealkylation sites (tertiary alicyclic amines) is 1. The Hall–Kier alpha value is -4.41. The predicted octanol–water partition coefficient (Wildman–Crippen LogP) is 3.53. The number of ether oxygens (including phenoxy) is 2. The van der Waals surface area contributed by atoms with Gasteiger partial charge in [0.15, 0.2) is 12.4 Å². The molecule has 11 heteroatoms. The topological polar surface area (TPSA) is 136 Å². The Bertz CT molecular complexity index is 1410. The first-order chi connectivity index (χ1) is 20.3. The van der Waals surface area contributed by atoms with E-state index in [0.29, 0.717) is 73.2 Å². The summed E-state index contributed by atoms with van der Waals surface area (Å²) in [4.78, 5) is 45.5. The number of aromatic nitrogens is 2. The van der Waals surface area contributed by atoms with Crippen molar-refractivity contribution in [3.8, 4) is 23.0 Å².